The molecule has 0 aliphatic heterocycles. The highest BCUT2D eigenvalue weighted by molar-refractivity contribution is 5.90. The summed E-state index contributed by atoms with van der Waals surface area (Å²) in [7, 11) is 6.26. The molecule has 4 rings (SSSR count). The number of amides is 2. The van der Waals surface area contributed by atoms with Gasteiger partial charge < -0.3 is 25.3 Å². The molecular formula is C31H44N4O4. The third kappa shape index (κ3) is 6.62. The zero-order valence-corrected chi connectivity index (χ0v) is 23.6. The Labute approximate surface area is 232 Å². The number of likely N-dealkylation sites (N-methyl/N-ethyl adjacent to an activating group) is 1. The fraction of sp³-hybridized carbons (Fsp3) is 0.548. The maximum absolute atomic E-state index is 12.6. The third-order valence-electron chi connectivity index (χ3n) is 9.08. The molecule has 0 radical (unpaired) electrons. The second-order valence-electron chi connectivity index (χ2n) is 11.9. The molecule has 0 bridgehead atoms. The van der Waals surface area contributed by atoms with Crippen molar-refractivity contribution in [3.05, 3.63) is 60.2 Å². The topological polar surface area (TPSA) is 96.4 Å². The molecule has 2 aliphatic rings. The summed E-state index contributed by atoms with van der Waals surface area (Å²) in [5.74, 6) is -0.0209. The van der Waals surface area contributed by atoms with Gasteiger partial charge in [0.05, 0.1) is 11.1 Å². The van der Waals surface area contributed by atoms with E-state index < -0.39 is 11.1 Å². The highest BCUT2D eigenvalue weighted by Crippen LogP contribution is 2.47. The summed E-state index contributed by atoms with van der Waals surface area (Å²) in [6, 6.07) is 17.1. The Morgan fingerprint density at radius 1 is 0.949 bits per heavy atom. The van der Waals surface area contributed by atoms with Crippen LogP contribution in [-0.4, -0.2) is 89.1 Å². The minimum Gasteiger partial charge on any atom is -0.508 e. The van der Waals surface area contributed by atoms with Crippen molar-refractivity contribution < 1.29 is 19.8 Å². The number of rotatable bonds is 12. The number of phenolic OH excluding ortho intramolecular Hbond substituents is 1. The number of phenols is 1. The van der Waals surface area contributed by atoms with Crippen molar-refractivity contribution in [2.75, 3.05) is 46.1 Å². The van der Waals surface area contributed by atoms with Gasteiger partial charge in [0.25, 0.3) is 0 Å². The van der Waals surface area contributed by atoms with Gasteiger partial charge in [-0.25, -0.2) is 0 Å². The van der Waals surface area contributed by atoms with Crippen molar-refractivity contribution in [1.29, 1.82) is 0 Å². The minimum absolute atomic E-state index is 0.107. The molecule has 2 fully saturated rings. The summed E-state index contributed by atoms with van der Waals surface area (Å²) < 4.78 is 0. The molecule has 8 heteroatoms. The molecule has 0 heterocycles. The minimum atomic E-state index is -0.802. The molecule has 212 valence electrons. The van der Waals surface area contributed by atoms with Crippen LogP contribution in [0.3, 0.4) is 0 Å². The lowest BCUT2D eigenvalue weighted by molar-refractivity contribution is -0.141. The van der Waals surface area contributed by atoms with Gasteiger partial charge in [0, 0.05) is 43.3 Å². The summed E-state index contributed by atoms with van der Waals surface area (Å²) in [5, 5.41) is 23.5. The number of benzene rings is 2. The number of anilines is 1. The Morgan fingerprint density at radius 2 is 1.64 bits per heavy atom. The zero-order valence-electron chi connectivity index (χ0n) is 23.6. The van der Waals surface area contributed by atoms with Crippen LogP contribution in [0.25, 0.3) is 0 Å². The summed E-state index contributed by atoms with van der Waals surface area (Å²) in [6.07, 6.45) is 7.04. The lowest BCUT2D eigenvalue weighted by Gasteiger charge is -2.55. The van der Waals surface area contributed by atoms with Crippen LogP contribution in [0.2, 0.25) is 0 Å². The van der Waals surface area contributed by atoms with Crippen molar-refractivity contribution in [2.24, 2.45) is 0 Å². The first-order valence-corrected chi connectivity index (χ1v) is 14.0. The molecule has 3 N–H and O–H groups in total. The standard InChI is InChI=1S/C31H44N4O4/c1-33(2)31(25-9-5-4-6-10-25)18-16-29(17-19-31,35(24-36)23-30(39)14-8-15-30)22-34(3)20-13-28(38)32-26-11-7-12-27(37)21-26/h4-7,9-12,21,24,37,39H,8,13-20,22-23H2,1-3H3,(H,32,38). The van der Waals surface area contributed by atoms with Gasteiger partial charge in [0.1, 0.15) is 5.75 Å². The average molecular weight is 537 g/mol. The van der Waals surface area contributed by atoms with E-state index in [0.717, 1.165) is 51.4 Å². The van der Waals surface area contributed by atoms with E-state index in [0.29, 0.717) is 31.7 Å². The van der Waals surface area contributed by atoms with E-state index >= 15 is 0 Å². The molecule has 0 saturated heterocycles. The number of carbonyl (C=O) groups excluding carboxylic acids is 2. The van der Waals surface area contributed by atoms with Gasteiger partial charge in [-0.1, -0.05) is 36.4 Å². The maximum Gasteiger partial charge on any atom is 0.225 e. The van der Waals surface area contributed by atoms with Crippen LogP contribution >= 0.6 is 0 Å². The van der Waals surface area contributed by atoms with E-state index in [4.69, 9.17) is 0 Å². The fourth-order valence-electron chi connectivity index (χ4n) is 6.47. The molecule has 2 aliphatic carbocycles. The van der Waals surface area contributed by atoms with E-state index in [1.165, 1.54) is 11.6 Å². The van der Waals surface area contributed by atoms with Gasteiger partial charge in [-0.3, -0.25) is 14.5 Å². The van der Waals surface area contributed by atoms with Gasteiger partial charge >= 0.3 is 0 Å². The molecule has 2 aromatic rings. The lowest BCUT2D eigenvalue weighted by atomic mass is 9.67. The Hall–Kier alpha value is -2.94. The molecular weight excluding hydrogens is 492 g/mol. The van der Waals surface area contributed by atoms with Gasteiger partial charge in [0.15, 0.2) is 0 Å². The first kappa shape index (κ1) is 29.1. The van der Waals surface area contributed by atoms with Crippen molar-refractivity contribution in [1.82, 2.24) is 14.7 Å². The van der Waals surface area contributed by atoms with Gasteiger partial charge in [0.2, 0.25) is 12.3 Å². The highest BCUT2D eigenvalue weighted by atomic mass is 16.3. The van der Waals surface area contributed by atoms with Crippen LogP contribution in [0.4, 0.5) is 5.69 Å². The number of aliphatic hydroxyl groups is 1. The van der Waals surface area contributed by atoms with Gasteiger partial charge in [-0.2, -0.15) is 0 Å². The average Bonchev–Trinajstić information content (AvgIpc) is 2.90. The van der Waals surface area contributed by atoms with Crippen molar-refractivity contribution >= 4 is 18.0 Å². The highest BCUT2D eigenvalue weighted by Gasteiger charge is 2.50. The number of β-amino-alcohol motifs (C(OH)–C–C–N with tert-alkyl or cyclic N) is 1. The van der Waals surface area contributed by atoms with Gasteiger partial charge in [-0.15, -0.1) is 0 Å². The molecule has 2 amide bonds. The van der Waals surface area contributed by atoms with Crippen LogP contribution in [0.15, 0.2) is 54.6 Å². The van der Waals surface area contributed by atoms with E-state index in [2.05, 4.69) is 53.5 Å². The number of aromatic hydroxyl groups is 1. The second-order valence-corrected chi connectivity index (χ2v) is 11.9. The van der Waals surface area contributed by atoms with Crippen LogP contribution in [-0.2, 0) is 15.1 Å². The smallest absolute Gasteiger partial charge is 0.225 e. The Morgan fingerprint density at radius 3 is 2.21 bits per heavy atom. The number of hydrogen-bond acceptors (Lipinski definition) is 6. The van der Waals surface area contributed by atoms with Crippen molar-refractivity contribution in [3.8, 4) is 5.75 Å². The molecule has 39 heavy (non-hydrogen) atoms. The second kappa shape index (κ2) is 12.1. The van der Waals surface area contributed by atoms with E-state index in [1.807, 2.05) is 18.0 Å². The summed E-state index contributed by atoms with van der Waals surface area (Å²) in [5.41, 5.74) is 0.497. The molecule has 2 aromatic carbocycles. The molecule has 0 spiro atoms. The Kier molecular flexibility index (Phi) is 8.99. The third-order valence-corrected chi connectivity index (χ3v) is 9.08. The maximum atomic E-state index is 12.6. The number of nitrogens with zero attached hydrogens (tertiary/aromatic N) is 3. The van der Waals surface area contributed by atoms with Crippen molar-refractivity contribution in [2.45, 2.75) is 68.0 Å². The van der Waals surface area contributed by atoms with E-state index in [1.54, 1.807) is 18.2 Å². The first-order chi connectivity index (χ1) is 18.6. The Bertz CT molecular complexity index is 1110. The lowest BCUT2D eigenvalue weighted by Crippen LogP contribution is -2.63. The molecule has 0 aromatic heterocycles. The van der Waals surface area contributed by atoms with Crippen LogP contribution in [0.5, 0.6) is 5.75 Å². The van der Waals surface area contributed by atoms with Crippen LogP contribution < -0.4 is 5.32 Å². The zero-order chi connectivity index (χ0) is 28.1. The SMILES string of the molecule is CN(CCC(=O)Nc1cccc(O)c1)CC1(N(C=O)CC2(O)CCC2)CCC(c2ccccc2)(N(C)C)CC1. The largest absolute Gasteiger partial charge is 0.508 e. The molecule has 2 saturated carbocycles. The monoisotopic (exact) mass is 536 g/mol. The molecule has 8 nitrogen and oxygen atoms in total. The normalized spacial score (nSPS) is 24.3. The first-order valence-electron chi connectivity index (χ1n) is 14.0. The summed E-state index contributed by atoms with van der Waals surface area (Å²) >= 11 is 0. The number of nitrogens with one attached hydrogen (secondary N) is 1. The summed E-state index contributed by atoms with van der Waals surface area (Å²) in [6.45, 7) is 1.50. The fourth-order valence-corrected chi connectivity index (χ4v) is 6.47. The molecule has 0 atom stereocenters. The van der Waals surface area contributed by atoms with Crippen LogP contribution in [0.1, 0.15) is 56.9 Å². The number of carbonyl (C=O) groups is 2. The summed E-state index contributed by atoms with van der Waals surface area (Å²) in [4.78, 5) is 31.5. The predicted octanol–water partition coefficient (Wildman–Crippen LogP) is 3.80. The predicted molar refractivity (Wildman–Crippen MR) is 153 cm³/mol. The number of hydrogen-bond donors (Lipinski definition) is 3. The van der Waals surface area contributed by atoms with E-state index in [-0.39, 0.29) is 17.2 Å². The quantitative estimate of drug-likeness (QED) is 0.357. The van der Waals surface area contributed by atoms with Crippen molar-refractivity contribution in [3.63, 3.8) is 0 Å². The molecule has 0 unspecified atom stereocenters. The Balaban J connectivity index is 1.48. The van der Waals surface area contributed by atoms with E-state index in [9.17, 15) is 19.8 Å². The van der Waals surface area contributed by atoms with Crippen LogP contribution in [0, 0.1) is 0 Å². The van der Waals surface area contributed by atoms with Gasteiger partial charge in [-0.05, 0) is 83.8 Å².